The summed E-state index contributed by atoms with van der Waals surface area (Å²) in [7, 11) is 0. The lowest BCUT2D eigenvalue weighted by atomic mass is 9.99. The van der Waals surface area contributed by atoms with Gasteiger partial charge in [-0.3, -0.25) is 0 Å². The lowest BCUT2D eigenvalue weighted by Gasteiger charge is -2.09. The van der Waals surface area contributed by atoms with Gasteiger partial charge in [-0.1, -0.05) is 53.4 Å². The van der Waals surface area contributed by atoms with E-state index >= 15 is 0 Å². The zero-order chi connectivity index (χ0) is 15.2. The number of halogens is 2. The molecule has 2 rings (SSSR count). The van der Waals surface area contributed by atoms with Crippen LogP contribution in [0.4, 0.5) is 0 Å². The minimum absolute atomic E-state index is 0.764. The first kappa shape index (κ1) is 16.6. The molecule has 0 amide bonds. The maximum Gasteiger partial charge on any atom is 0.0495 e. The van der Waals surface area contributed by atoms with E-state index in [1.165, 1.54) is 37.7 Å². The Morgan fingerprint density at radius 1 is 1.05 bits per heavy atom. The smallest absolute Gasteiger partial charge is 0.0495 e. The summed E-state index contributed by atoms with van der Waals surface area (Å²) in [5.74, 6) is 0. The Morgan fingerprint density at radius 3 is 2.38 bits per heavy atom. The molecule has 0 saturated heterocycles. The molecule has 0 spiro atoms. The number of hydrogen-bond donors (Lipinski definition) is 0. The van der Waals surface area contributed by atoms with Crippen LogP contribution in [-0.4, -0.2) is 0 Å². The Morgan fingerprint density at radius 2 is 1.71 bits per heavy atom. The van der Waals surface area contributed by atoms with E-state index in [0.29, 0.717) is 0 Å². The summed E-state index contributed by atoms with van der Waals surface area (Å²) in [5, 5.41) is 1.53. The molecular weight excluding hydrogens is 299 g/mol. The van der Waals surface area contributed by atoms with Crippen molar-refractivity contribution < 1.29 is 0 Å². The Kier molecular flexibility index (Phi) is 6.39. The second kappa shape index (κ2) is 8.06. The van der Waals surface area contributed by atoms with E-state index in [0.717, 1.165) is 34.0 Å². The molecule has 21 heavy (non-hydrogen) atoms. The molecule has 0 aliphatic heterocycles. The summed E-state index contributed by atoms with van der Waals surface area (Å²) >= 11 is 12.7. The van der Waals surface area contributed by atoms with Crippen LogP contribution in [0.15, 0.2) is 29.4 Å². The molecule has 1 aromatic carbocycles. The van der Waals surface area contributed by atoms with Gasteiger partial charge in [0, 0.05) is 15.6 Å². The number of benzene rings is 1. The first-order valence-electron chi connectivity index (χ1n) is 7.93. The molecule has 0 bridgehead atoms. The molecule has 1 aromatic rings. The summed E-state index contributed by atoms with van der Waals surface area (Å²) in [5.41, 5.74) is 5.19. The number of hydrogen-bond acceptors (Lipinski definition) is 0. The van der Waals surface area contributed by atoms with Gasteiger partial charge in [0.25, 0.3) is 0 Å². The van der Waals surface area contributed by atoms with Crippen molar-refractivity contribution >= 4 is 29.3 Å². The van der Waals surface area contributed by atoms with Crippen LogP contribution in [0.25, 0.3) is 6.08 Å². The summed E-state index contributed by atoms with van der Waals surface area (Å²) in [4.78, 5) is 0. The fourth-order valence-electron chi connectivity index (χ4n) is 2.92. The van der Waals surface area contributed by atoms with Crippen molar-refractivity contribution in [3.8, 4) is 0 Å². The molecule has 0 heterocycles. The molecule has 0 N–H and O–H groups in total. The minimum atomic E-state index is 0.764. The molecule has 0 unspecified atom stereocenters. The third kappa shape index (κ3) is 4.90. The van der Waals surface area contributed by atoms with Crippen LogP contribution in [0.2, 0.25) is 10.0 Å². The van der Waals surface area contributed by atoms with Crippen LogP contribution in [0.5, 0.6) is 0 Å². The van der Waals surface area contributed by atoms with Crippen LogP contribution >= 0.6 is 23.2 Å². The molecule has 1 aliphatic rings. The average Bonchev–Trinajstić information content (AvgIpc) is 2.54. The highest BCUT2D eigenvalue weighted by Gasteiger charge is 2.08. The normalized spacial score (nSPS) is 18.9. The van der Waals surface area contributed by atoms with E-state index in [-0.39, 0.29) is 0 Å². The van der Waals surface area contributed by atoms with E-state index in [1.807, 2.05) is 19.1 Å². The Bertz CT molecular complexity index is 530. The van der Waals surface area contributed by atoms with Crippen molar-refractivity contribution in [2.45, 2.75) is 58.8 Å². The number of rotatable bonds is 2. The number of allylic oxidation sites excluding steroid dienone is 3. The van der Waals surface area contributed by atoms with E-state index < -0.39 is 0 Å². The Balaban J connectivity index is 2.18. The van der Waals surface area contributed by atoms with Crippen LogP contribution in [-0.2, 0) is 0 Å². The van der Waals surface area contributed by atoms with Crippen molar-refractivity contribution in [1.29, 1.82) is 0 Å². The fraction of sp³-hybridized carbons (Fsp3) is 0.474. The van der Waals surface area contributed by atoms with Gasteiger partial charge in [-0.25, -0.2) is 0 Å². The Labute approximate surface area is 138 Å². The summed E-state index contributed by atoms with van der Waals surface area (Å²) in [6.45, 7) is 4.28. The first-order valence-corrected chi connectivity index (χ1v) is 8.68. The lowest BCUT2D eigenvalue weighted by molar-refractivity contribution is 0.755. The molecule has 0 nitrogen and oxygen atoms in total. The van der Waals surface area contributed by atoms with Crippen LogP contribution in [0.3, 0.4) is 0 Å². The molecule has 0 saturated carbocycles. The maximum absolute atomic E-state index is 6.37. The molecule has 1 aliphatic carbocycles. The minimum Gasteiger partial charge on any atom is -0.0853 e. The third-order valence-electron chi connectivity index (χ3n) is 4.16. The summed E-state index contributed by atoms with van der Waals surface area (Å²) in [6, 6.07) is 3.98. The second-order valence-corrected chi connectivity index (χ2v) is 6.72. The van der Waals surface area contributed by atoms with E-state index in [1.54, 1.807) is 5.57 Å². The van der Waals surface area contributed by atoms with Gasteiger partial charge < -0.3 is 0 Å². The largest absolute Gasteiger partial charge is 0.0853 e. The first-order chi connectivity index (χ1) is 10.1. The van der Waals surface area contributed by atoms with Gasteiger partial charge in [-0.05, 0) is 69.6 Å². The van der Waals surface area contributed by atoms with Crippen molar-refractivity contribution in [3.63, 3.8) is 0 Å². The highest BCUT2D eigenvalue weighted by Crippen LogP contribution is 2.31. The average molecular weight is 323 g/mol. The van der Waals surface area contributed by atoms with E-state index in [4.69, 9.17) is 23.2 Å². The van der Waals surface area contributed by atoms with Crippen LogP contribution in [0, 0.1) is 6.92 Å². The van der Waals surface area contributed by atoms with Gasteiger partial charge in [-0.15, -0.1) is 0 Å². The van der Waals surface area contributed by atoms with Crippen LogP contribution < -0.4 is 0 Å². The zero-order valence-electron chi connectivity index (χ0n) is 13.0. The summed E-state index contributed by atoms with van der Waals surface area (Å²) in [6.07, 6.45) is 13.0. The molecular formula is C19H24Cl2. The van der Waals surface area contributed by atoms with Gasteiger partial charge in [0.1, 0.15) is 0 Å². The van der Waals surface area contributed by atoms with E-state index in [2.05, 4.69) is 19.1 Å². The van der Waals surface area contributed by atoms with Crippen LogP contribution in [0.1, 0.15) is 63.0 Å². The van der Waals surface area contributed by atoms with Crippen molar-refractivity contribution in [2.75, 3.05) is 0 Å². The zero-order valence-corrected chi connectivity index (χ0v) is 14.5. The SMILES string of the molecule is CCC1=CCCCC(=Cc2c(Cl)cc(C)cc2Cl)CCC1. The van der Waals surface area contributed by atoms with Crippen molar-refractivity contribution in [3.05, 3.63) is 50.5 Å². The standard InChI is InChI=1S/C19H24Cl2/c1-3-15-7-4-5-8-16(10-6-9-15)13-17-18(20)11-14(2)12-19(17)21/h7,11-13H,3-6,8-10H2,1-2H3. The highest BCUT2D eigenvalue weighted by atomic mass is 35.5. The van der Waals surface area contributed by atoms with Gasteiger partial charge in [0.15, 0.2) is 0 Å². The van der Waals surface area contributed by atoms with Crippen molar-refractivity contribution in [1.82, 2.24) is 0 Å². The van der Waals surface area contributed by atoms with E-state index in [9.17, 15) is 0 Å². The molecule has 2 heteroatoms. The Hall–Kier alpha value is -0.720. The predicted octanol–water partition coefficient (Wildman–Crippen LogP) is 7.38. The topological polar surface area (TPSA) is 0 Å². The molecule has 114 valence electrons. The van der Waals surface area contributed by atoms with Gasteiger partial charge in [0.2, 0.25) is 0 Å². The molecule has 0 fully saturated rings. The molecule has 0 aromatic heterocycles. The predicted molar refractivity (Wildman–Crippen MR) is 95.3 cm³/mol. The monoisotopic (exact) mass is 322 g/mol. The molecule has 0 radical (unpaired) electrons. The summed E-state index contributed by atoms with van der Waals surface area (Å²) < 4.78 is 0. The lowest BCUT2D eigenvalue weighted by Crippen LogP contribution is -1.88. The number of aryl methyl sites for hydroxylation is 1. The van der Waals surface area contributed by atoms with Gasteiger partial charge in [0.05, 0.1) is 0 Å². The van der Waals surface area contributed by atoms with Gasteiger partial charge in [-0.2, -0.15) is 0 Å². The van der Waals surface area contributed by atoms with Crippen molar-refractivity contribution in [2.24, 2.45) is 0 Å². The maximum atomic E-state index is 6.37. The fourth-order valence-corrected chi connectivity index (χ4v) is 3.63. The quantitative estimate of drug-likeness (QED) is 0.498. The third-order valence-corrected chi connectivity index (χ3v) is 4.78. The van der Waals surface area contributed by atoms with Gasteiger partial charge >= 0.3 is 0 Å². The molecule has 0 atom stereocenters. The highest BCUT2D eigenvalue weighted by molar-refractivity contribution is 6.37. The second-order valence-electron chi connectivity index (χ2n) is 5.91.